The molecule has 33 heavy (non-hydrogen) atoms. The van der Waals surface area contributed by atoms with Crippen LogP contribution in [0.4, 0.5) is 11.4 Å². The Morgan fingerprint density at radius 1 is 0.848 bits per heavy atom. The van der Waals surface area contributed by atoms with Gasteiger partial charge in [0.15, 0.2) is 0 Å². The molecule has 0 aromatic heterocycles. The number of carbonyl (C=O) groups is 2. The van der Waals surface area contributed by atoms with Gasteiger partial charge in [0.25, 0.3) is 0 Å². The summed E-state index contributed by atoms with van der Waals surface area (Å²) in [5, 5.41) is 3.00. The lowest BCUT2D eigenvalue weighted by atomic mass is 10.1. The summed E-state index contributed by atoms with van der Waals surface area (Å²) in [5.74, 6) is -0.240. The highest BCUT2D eigenvalue weighted by molar-refractivity contribution is 5.97. The Bertz CT molecular complexity index is 1040. The monoisotopic (exact) mass is 443 g/mol. The van der Waals surface area contributed by atoms with Crippen molar-refractivity contribution in [1.82, 2.24) is 4.90 Å². The largest absolute Gasteiger partial charge is 0.378 e. The summed E-state index contributed by atoms with van der Waals surface area (Å²) in [5.41, 5.74) is 4.87. The van der Waals surface area contributed by atoms with Gasteiger partial charge in [0.2, 0.25) is 11.8 Å². The highest BCUT2D eigenvalue weighted by atomic mass is 16.2. The number of anilines is 2. The number of benzene rings is 3. The zero-order chi connectivity index (χ0) is 23.8. The second kappa shape index (κ2) is 11.3. The minimum absolute atomic E-state index is 0.0632. The van der Waals surface area contributed by atoms with Crippen LogP contribution in [-0.4, -0.2) is 36.9 Å². The van der Waals surface area contributed by atoms with Crippen molar-refractivity contribution in [2.75, 3.05) is 24.3 Å². The van der Waals surface area contributed by atoms with Crippen LogP contribution in [0.2, 0.25) is 0 Å². The van der Waals surface area contributed by atoms with Crippen LogP contribution in [0, 0.1) is 6.92 Å². The standard InChI is InChI=1S/C28H33N3O2/c1-5-26(28(33)29-24-15-17-25(18-16-24)30(3)4)31(20-23-13-11-21(2)12-14-23)27(32)19-22-9-7-6-8-10-22/h6-18,26H,5,19-20H2,1-4H3,(H,29,33). The molecule has 0 aliphatic rings. The van der Waals surface area contributed by atoms with E-state index in [0.717, 1.165) is 28.1 Å². The third-order valence-corrected chi connectivity index (χ3v) is 5.71. The van der Waals surface area contributed by atoms with Gasteiger partial charge in [-0.1, -0.05) is 67.1 Å². The molecule has 0 aliphatic carbocycles. The van der Waals surface area contributed by atoms with Crippen LogP contribution in [0.15, 0.2) is 78.9 Å². The van der Waals surface area contributed by atoms with Gasteiger partial charge in [-0.05, 0) is 48.7 Å². The van der Waals surface area contributed by atoms with E-state index in [-0.39, 0.29) is 18.2 Å². The average Bonchev–Trinajstić information content (AvgIpc) is 2.81. The summed E-state index contributed by atoms with van der Waals surface area (Å²) in [4.78, 5) is 30.4. The summed E-state index contributed by atoms with van der Waals surface area (Å²) < 4.78 is 0. The summed E-state index contributed by atoms with van der Waals surface area (Å²) in [6.45, 7) is 4.36. The number of hydrogen-bond donors (Lipinski definition) is 1. The zero-order valence-corrected chi connectivity index (χ0v) is 19.9. The summed E-state index contributed by atoms with van der Waals surface area (Å²) in [7, 11) is 3.95. The first-order valence-electron chi connectivity index (χ1n) is 11.3. The highest BCUT2D eigenvalue weighted by Gasteiger charge is 2.28. The third-order valence-electron chi connectivity index (χ3n) is 5.71. The van der Waals surface area contributed by atoms with Crippen LogP contribution in [0.3, 0.4) is 0 Å². The molecule has 3 aromatic rings. The Hall–Kier alpha value is -3.60. The van der Waals surface area contributed by atoms with Crippen LogP contribution in [-0.2, 0) is 22.6 Å². The molecule has 1 unspecified atom stereocenters. The molecule has 2 amide bonds. The van der Waals surface area contributed by atoms with Crippen molar-refractivity contribution in [3.05, 3.63) is 95.6 Å². The van der Waals surface area contributed by atoms with E-state index in [1.54, 1.807) is 4.90 Å². The second-order valence-corrected chi connectivity index (χ2v) is 8.52. The Kier molecular flexibility index (Phi) is 8.25. The molecule has 0 spiro atoms. The molecule has 0 saturated carbocycles. The minimum atomic E-state index is -0.573. The maximum absolute atomic E-state index is 13.4. The van der Waals surface area contributed by atoms with Crippen molar-refractivity contribution in [2.45, 2.75) is 39.3 Å². The third kappa shape index (κ3) is 6.69. The summed E-state index contributed by atoms with van der Waals surface area (Å²) >= 11 is 0. The van der Waals surface area contributed by atoms with E-state index in [2.05, 4.69) is 5.32 Å². The maximum atomic E-state index is 13.4. The quantitative estimate of drug-likeness (QED) is 0.504. The zero-order valence-electron chi connectivity index (χ0n) is 19.9. The number of nitrogens with one attached hydrogen (secondary N) is 1. The van der Waals surface area contributed by atoms with Crippen molar-refractivity contribution in [3.8, 4) is 0 Å². The van der Waals surface area contributed by atoms with Crippen molar-refractivity contribution in [3.63, 3.8) is 0 Å². The molecule has 1 atom stereocenters. The van der Waals surface area contributed by atoms with E-state index in [1.165, 1.54) is 0 Å². The number of hydrogen-bond acceptors (Lipinski definition) is 3. The summed E-state index contributed by atoms with van der Waals surface area (Å²) in [6.07, 6.45) is 0.780. The van der Waals surface area contributed by atoms with Gasteiger partial charge in [-0.2, -0.15) is 0 Å². The van der Waals surface area contributed by atoms with Crippen molar-refractivity contribution in [2.24, 2.45) is 0 Å². The Morgan fingerprint density at radius 2 is 1.48 bits per heavy atom. The van der Waals surface area contributed by atoms with Gasteiger partial charge in [-0.25, -0.2) is 0 Å². The Labute approximate surface area is 197 Å². The Balaban J connectivity index is 1.82. The predicted octanol–water partition coefficient (Wildman–Crippen LogP) is 5.05. The molecular weight excluding hydrogens is 410 g/mol. The van der Waals surface area contributed by atoms with Crippen molar-refractivity contribution >= 4 is 23.2 Å². The second-order valence-electron chi connectivity index (χ2n) is 8.52. The van der Waals surface area contributed by atoms with E-state index < -0.39 is 6.04 Å². The molecule has 0 saturated heterocycles. The molecule has 3 aromatic carbocycles. The lowest BCUT2D eigenvalue weighted by molar-refractivity contribution is -0.139. The number of carbonyl (C=O) groups excluding carboxylic acids is 2. The van der Waals surface area contributed by atoms with Gasteiger partial charge in [0.1, 0.15) is 6.04 Å². The van der Waals surface area contributed by atoms with Crippen LogP contribution in [0.5, 0.6) is 0 Å². The molecule has 0 heterocycles. The fourth-order valence-electron chi connectivity index (χ4n) is 3.75. The number of rotatable bonds is 9. The molecule has 3 rings (SSSR count). The number of amides is 2. The van der Waals surface area contributed by atoms with Gasteiger partial charge in [0, 0.05) is 32.0 Å². The Morgan fingerprint density at radius 3 is 2.06 bits per heavy atom. The molecule has 0 radical (unpaired) electrons. The van der Waals surface area contributed by atoms with E-state index in [0.29, 0.717) is 13.0 Å². The number of aryl methyl sites for hydroxylation is 1. The molecule has 0 bridgehead atoms. The van der Waals surface area contributed by atoms with Crippen LogP contribution < -0.4 is 10.2 Å². The fourth-order valence-corrected chi connectivity index (χ4v) is 3.75. The molecule has 1 N–H and O–H groups in total. The van der Waals surface area contributed by atoms with E-state index >= 15 is 0 Å². The normalized spacial score (nSPS) is 11.5. The molecule has 5 nitrogen and oxygen atoms in total. The van der Waals surface area contributed by atoms with E-state index in [1.807, 2.05) is 112 Å². The smallest absolute Gasteiger partial charge is 0.247 e. The molecule has 172 valence electrons. The predicted molar refractivity (Wildman–Crippen MR) is 135 cm³/mol. The van der Waals surface area contributed by atoms with Gasteiger partial charge in [-0.15, -0.1) is 0 Å². The van der Waals surface area contributed by atoms with Crippen LogP contribution in [0.25, 0.3) is 0 Å². The first-order chi connectivity index (χ1) is 15.9. The van der Waals surface area contributed by atoms with Crippen molar-refractivity contribution in [1.29, 1.82) is 0 Å². The molecular formula is C28H33N3O2. The SMILES string of the molecule is CCC(C(=O)Nc1ccc(N(C)C)cc1)N(Cc1ccc(C)cc1)C(=O)Cc1ccccc1. The average molecular weight is 444 g/mol. The lowest BCUT2D eigenvalue weighted by Gasteiger charge is -2.31. The topological polar surface area (TPSA) is 52.7 Å². The highest BCUT2D eigenvalue weighted by Crippen LogP contribution is 2.19. The van der Waals surface area contributed by atoms with Gasteiger partial charge < -0.3 is 15.1 Å². The fraction of sp³-hybridized carbons (Fsp3) is 0.286. The lowest BCUT2D eigenvalue weighted by Crippen LogP contribution is -2.47. The van der Waals surface area contributed by atoms with Gasteiger partial charge in [-0.3, -0.25) is 9.59 Å². The number of nitrogens with zero attached hydrogens (tertiary/aromatic N) is 2. The van der Waals surface area contributed by atoms with Crippen LogP contribution >= 0.6 is 0 Å². The van der Waals surface area contributed by atoms with Crippen molar-refractivity contribution < 1.29 is 9.59 Å². The molecule has 5 heteroatoms. The van der Waals surface area contributed by atoms with Crippen LogP contribution in [0.1, 0.15) is 30.0 Å². The maximum Gasteiger partial charge on any atom is 0.247 e. The van der Waals surface area contributed by atoms with E-state index in [4.69, 9.17) is 0 Å². The first-order valence-corrected chi connectivity index (χ1v) is 11.3. The van der Waals surface area contributed by atoms with E-state index in [9.17, 15) is 9.59 Å². The first kappa shape index (κ1) is 24.1. The van der Waals surface area contributed by atoms with Gasteiger partial charge >= 0.3 is 0 Å². The minimum Gasteiger partial charge on any atom is -0.378 e. The van der Waals surface area contributed by atoms with Gasteiger partial charge in [0.05, 0.1) is 6.42 Å². The summed E-state index contributed by atoms with van der Waals surface area (Å²) in [6, 6.07) is 24.9. The molecule has 0 aliphatic heterocycles. The molecule has 0 fully saturated rings.